The summed E-state index contributed by atoms with van der Waals surface area (Å²) >= 11 is 0. The molecule has 2 aromatic rings. The summed E-state index contributed by atoms with van der Waals surface area (Å²) in [6, 6.07) is 7.87. The zero-order valence-corrected chi connectivity index (χ0v) is 10.0. The van der Waals surface area contributed by atoms with Gasteiger partial charge in [0, 0.05) is 24.3 Å². The van der Waals surface area contributed by atoms with Crippen molar-refractivity contribution >= 4 is 0 Å². The third-order valence-corrected chi connectivity index (χ3v) is 2.75. The van der Waals surface area contributed by atoms with E-state index >= 15 is 0 Å². The second kappa shape index (κ2) is 5.69. The van der Waals surface area contributed by atoms with E-state index in [1.807, 2.05) is 6.92 Å². The van der Waals surface area contributed by atoms with Crippen molar-refractivity contribution in [2.24, 2.45) is 0 Å². The third-order valence-electron chi connectivity index (χ3n) is 2.75. The van der Waals surface area contributed by atoms with Gasteiger partial charge in [0.15, 0.2) is 0 Å². The van der Waals surface area contributed by atoms with Crippen molar-refractivity contribution < 1.29 is 8.78 Å². The van der Waals surface area contributed by atoms with Gasteiger partial charge in [0.25, 0.3) is 0 Å². The van der Waals surface area contributed by atoms with E-state index in [-0.39, 0.29) is 17.7 Å². The van der Waals surface area contributed by atoms with Crippen molar-refractivity contribution in [1.29, 1.82) is 0 Å². The fourth-order valence-electron chi connectivity index (χ4n) is 1.76. The summed E-state index contributed by atoms with van der Waals surface area (Å²) < 4.78 is 26.4. The van der Waals surface area contributed by atoms with E-state index in [1.165, 1.54) is 12.1 Å². The van der Waals surface area contributed by atoms with Crippen molar-refractivity contribution in [3.63, 3.8) is 0 Å². The zero-order valence-electron chi connectivity index (χ0n) is 10.0. The Hall–Kier alpha value is -1.81. The molecule has 0 aliphatic heterocycles. The largest absolute Gasteiger partial charge is 0.306 e. The van der Waals surface area contributed by atoms with E-state index in [1.54, 1.807) is 24.4 Å². The Balaban J connectivity index is 2.00. The maximum Gasteiger partial charge on any atom is 0.141 e. The average molecular weight is 248 g/mol. The van der Waals surface area contributed by atoms with Crippen LogP contribution in [0.25, 0.3) is 0 Å². The Labute approximate surface area is 105 Å². The Morgan fingerprint density at radius 3 is 2.72 bits per heavy atom. The number of benzene rings is 1. The molecule has 0 unspecified atom stereocenters. The minimum absolute atomic E-state index is 0.144. The summed E-state index contributed by atoms with van der Waals surface area (Å²) in [5.41, 5.74) is 1.33. The van der Waals surface area contributed by atoms with Crippen LogP contribution in [-0.4, -0.2) is 4.98 Å². The molecule has 1 aromatic carbocycles. The first-order valence-electron chi connectivity index (χ1n) is 5.74. The summed E-state index contributed by atoms with van der Waals surface area (Å²) in [6.45, 7) is 2.31. The molecule has 0 bridgehead atoms. The average Bonchev–Trinajstić information content (AvgIpc) is 2.37. The number of halogens is 2. The van der Waals surface area contributed by atoms with Crippen LogP contribution in [0.4, 0.5) is 8.78 Å². The Morgan fingerprint density at radius 1 is 1.22 bits per heavy atom. The molecule has 0 fully saturated rings. The molecule has 0 aliphatic rings. The number of nitrogens with one attached hydrogen (secondary N) is 1. The molecule has 0 saturated heterocycles. The Bertz CT molecular complexity index is 529. The van der Waals surface area contributed by atoms with Crippen LogP contribution in [0, 0.1) is 11.6 Å². The highest BCUT2D eigenvalue weighted by Gasteiger charge is 2.09. The number of pyridine rings is 1. The maximum atomic E-state index is 13.5. The van der Waals surface area contributed by atoms with E-state index < -0.39 is 0 Å². The van der Waals surface area contributed by atoms with Gasteiger partial charge in [0.05, 0.1) is 6.20 Å². The lowest BCUT2D eigenvalue weighted by Gasteiger charge is -2.14. The standard InChI is InChI=1S/C14H14F2N2/c1-10(13-4-2-3-5-14(13)16)18-8-11-6-12(15)9-17-7-11/h2-7,9-10,18H,8H2,1H3/t10-/m1/s1. The van der Waals surface area contributed by atoms with E-state index in [0.29, 0.717) is 12.1 Å². The molecular formula is C14H14F2N2. The minimum atomic E-state index is -0.368. The Kier molecular flexibility index (Phi) is 3.99. The van der Waals surface area contributed by atoms with Crippen LogP contribution >= 0.6 is 0 Å². The maximum absolute atomic E-state index is 13.5. The molecule has 1 aromatic heterocycles. The fraction of sp³-hybridized carbons (Fsp3) is 0.214. The summed E-state index contributed by atoms with van der Waals surface area (Å²) in [6.07, 6.45) is 2.74. The van der Waals surface area contributed by atoms with Crippen molar-refractivity contribution in [1.82, 2.24) is 10.3 Å². The van der Waals surface area contributed by atoms with Crippen molar-refractivity contribution in [3.8, 4) is 0 Å². The highest BCUT2D eigenvalue weighted by atomic mass is 19.1. The summed E-state index contributed by atoms with van der Waals surface area (Å²) in [4.78, 5) is 3.76. The highest BCUT2D eigenvalue weighted by Crippen LogP contribution is 2.16. The quantitative estimate of drug-likeness (QED) is 0.898. The smallest absolute Gasteiger partial charge is 0.141 e. The molecule has 2 rings (SSSR count). The predicted molar refractivity (Wildman–Crippen MR) is 65.8 cm³/mol. The van der Waals surface area contributed by atoms with E-state index in [0.717, 1.165) is 11.8 Å². The van der Waals surface area contributed by atoms with Crippen LogP contribution in [0.2, 0.25) is 0 Å². The van der Waals surface area contributed by atoms with Crippen molar-refractivity contribution in [3.05, 3.63) is 65.5 Å². The summed E-state index contributed by atoms with van der Waals surface area (Å²) in [5, 5.41) is 3.14. The third kappa shape index (κ3) is 3.11. The molecule has 1 atom stereocenters. The van der Waals surface area contributed by atoms with Gasteiger partial charge in [-0.25, -0.2) is 8.78 Å². The lowest BCUT2D eigenvalue weighted by Crippen LogP contribution is -2.19. The molecule has 0 spiro atoms. The first-order chi connectivity index (χ1) is 8.66. The van der Waals surface area contributed by atoms with Gasteiger partial charge < -0.3 is 5.32 Å². The second-order valence-electron chi connectivity index (χ2n) is 4.14. The van der Waals surface area contributed by atoms with Gasteiger partial charge in [-0.05, 0) is 24.6 Å². The first kappa shape index (κ1) is 12.6. The zero-order chi connectivity index (χ0) is 13.0. The van der Waals surface area contributed by atoms with Crippen LogP contribution in [-0.2, 0) is 6.54 Å². The molecule has 4 heteroatoms. The first-order valence-corrected chi connectivity index (χ1v) is 5.74. The molecule has 2 nitrogen and oxygen atoms in total. The van der Waals surface area contributed by atoms with Crippen LogP contribution in [0.1, 0.15) is 24.1 Å². The summed E-state index contributed by atoms with van der Waals surface area (Å²) in [5.74, 6) is -0.609. The predicted octanol–water partition coefficient (Wildman–Crippen LogP) is 3.21. The molecule has 94 valence electrons. The van der Waals surface area contributed by atoms with E-state index in [9.17, 15) is 8.78 Å². The van der Waals surface area contributed by atoms with Gasteiger partial charge >= 0.3 is 0 Å². The molecule has 1 N–H and O–H groups in total. The lowest BCUT2D eigenvalue weighted by molar-refractivity contribution is 0.526. The molecule has 18 heavy (non-hydrogen) atoms. The van der Waals surface area contributed by atoms with Gasteiger partial charge in [0.1, 0.15) is 11.6 Å². The van der Waals surface area contributed by atoms with Crippen molar-refractivity contribution in [2.75, 3.05) is 0 Å². The van der Waals surface area contributed by atoms with Gasteiger partial charge in [-0.3, -0.25) is 4.98 Å². The number of nitrogens with zero attached hydrogens (tertiary/aromatic N) is 1. The normalized spacial score (nSPS) is 12.4. The van der Waals surface area contributed by atoms with Crippen LogP contribution in [0.15, 0.2) is 42.7 Å². The Morgan fingerprint density at radius 2 is 2.00 bits per heavy atom. The van der Waals surface area contributed by atoms with Crippen molar-refractivity contribution in [2.45, 2.75) is 19.5 Å². The number of rotatable bonds is 4. The van der Waals surface area contributed by atoms with Gasteiger partial charge in [-0.15, -0.1) is 0 Å². The molecular weight excluding hydrogens is 234 g/mol. The minimum Gasteiger partial charge on any atom is -0.306 e. The topological polar surface area (TPSA) is 24.9 Å². The number of aromatic nitrogens is 1. The van der Waals surface area contributed by atoms with E-state index in [4.69, 9.17) is 0 Å². The monoisotopic (exact) mass is 248 g/mol. The number of hydrogen-bond acceptors (Lipinski definition) is 2. The number of hydrogen-bond donors (Lipinski definition) is 1. The van der Waals surface area contributed by atoms with Gasteiger partial charge in [-0.1, -0.05) is 18.2 Å². The van der Waals surface area contributed by atoms with E-state index in [2.05, 4.69) is 10.3 Å². The van der Waals surface area contributed by atoms with Crippen LogP contribution < -0.4 is 5.32 Å². The molecule has 0 aliphatic carbocycles. The van der Waals surface area contributed by atoms with Gasteiger partial charge in [0.2, 0.25) is 0 Å². The van der Waals surface area contributed by atoms with Crippen LogP contribution in [0.5, 0.6) is 0 Å². The molecule has 1 heterocycles. The molecule has 0 amide bonds. The van der Waals surface area contributed by atoms with Gasteiger partial charge in [-0.2, -0.15) is 0 Å². The SMILES string of the molecule is C[C@@H](NCc1cncc(F)c1)c1ccccc1F. The van der Waals surface area contributed by atoms with Crippen LogP contribution in [0.3, 0.4) is 0 Å². The summed E-state index contributed by atoms with van der Waals surface area (Å²) in [7, 11) is 0. The highest BCUT2D eigenvalue weighted by molar-refractivity contribution is 5.21. The molecule has 0 saturated carbocycles. The lowest BCUT2D eigenvalue weighted by atomic mass is 10.1. The molecule has 0 radical (unpaired) electrons. The second-order valence-corrected chi connectivity index (χ2v) is 4.14. The fourth-order valence-corrected chi connectivity index (χ4v) is 1.76.